The zero-order valence-electron chi connectivity index (χ0n) is 12.4. The van der Waals surface area contributed by atoms with Crippen molar-refractivity contribution in [3.63, 3.8) is 0 Å². The smallest absolute Gasteiger partial charge is 0.240 e. The van der Waals surface area contributed by atoms with E-state index in [0.29, 0.717) is 0 Å². The summed E-state index contributed by atoms with van der Waals surface area (Å²) in [5.74, 6) is -0.963. The predicted octanol–water partition coefficient (Wildman–Crippen LogP) is 0.560. The molecule has 0 atom stereocenters. The second-order valence-electron chi connectivity index (χ2n) is 3.91. The van der Waals surface area contributed by atoms with Crippen molar-refractivity contribution in [2.24, 2.45) is 22.9 Å². The van der Waals surface area contributed by atoms with Gasteiger partial charge in [0.05, 0.1) is 0 Å². The van der Waals surface area contributed by atoms with E-state index in [4.69, 9.17) is 11.5 Å². The normalized spacial score (nSPS) is 8.30. The molecule has 20 heavy (non-hydrogen) atoms. The lowest BCUT2D eigenvalue weighted by molar-refractivity contribution is -0.114. The van der Waals surface area contributed by atoms with Crippen LogP contribution in [0.5, 0.6) is 0 Å². The van der Waals surface area contributed by atoms with E-state index in [-0.39, 0.29) is 0 Å². The van der Waals surface area contributed by atoms with Gasteiger partial charge in [0.1, 0.15) is 0 Å². The minimum atomic E-state index is -0.481. The molecule has 6 nitrogen and oxygen atoms in total. The van der Waals surface area contributed by atoms with E-state index in [0.717, 1.165) is 25.2 Å². The number of carbonyl (C=O) groups is 2. The van der Waals surface area contributed by atoms with Crippen LogP contribution in [0.1, 0.15) is 38.5 Å². The van der Waals surface area contributed by atoms with Gasteiger partial charge in [-0.05, 0) is 38.1 Å². The molecule has 0 saturated heterocycles. The summed E-state index contributed by atoms with van der Waals surface area (Å²) in [4.78, 5) is 18.9. The molecule has 0 spiro atoms. The summed E-state index contributed by atoms with van der Waals surface area (Å²) in [6.45, 7) is 7.86. The number of hydrogen-bond donors (Lipinski definition) is 4. The number of hydrogen-bond acceptors (Lipinski definition) is 4. The molecule has 2 amide bonds. The zero-order valence-corrected chi connectivity index (χ0v) is 12.4. The molecule has 118 valence electrons. The molecule has 0 fully saturated rings. The number of unbranched alkanes of at least 4 members (excludes halogenated alkanes) is 5. The molecule has 0 heterocycles. The lowest BCUT2D eigenvalue weighted by Gasteiger charge is -1.97. The fourth-order valence-corrected chi connectivity index (χ4v) is 0.996. The van der Waals surface area contributed by atoms with Crippen molar-refractivity contribution in [1.29, 1.82) is 0 Å². The number of amides is 2. The largest absolute Gasteiger partial charge is 0.366 e. The van der Waals surface area contributed by atoms with Crippen LogP contribution in [-0.2, 0) is 9.59 Å². The molecule has 0 rings (SSSR count). The van der Waals surface area contributed by atoms with Gasteiger partial charge >= 0.3 is 0 Å². The summed E-state index contributed by atoms with van der Waals surface area (Å²) in [5.41, 5.74) is 19.8. The highest BCUT2D eigenvalue weighted by Gasteiger charge is 1.87. The maximum Gasteiger partial charge on any atom is 0.240 e. The van der Waals surface area contributed by atoms with E-state index in [9.17, 15) is 9.59 Å². The maximum atomic E-state index is 9.47. The Kier molecular flexibility index (Phi) is 26.4. The monoisotopic (exact) mass is 286 g/mol. The van der Waals surface area contributed by atoms with Crippen LogP contribution in [-0.4, -0.2) is 24.9 Å². The first kappa shape index (κ1) is 23.4. The van der Waals surface area contributed by atoms with Crippen LogP contribution in [0.2, 0.25) is 0 Å². The van der Waals surface area contributed by atoms with Crippen LogP contribution in [0.25, 0.3) is 0 Å². The van der Waals surface area contributed by atoms with Crippen molar-refractivity contribution in [1.82, 2.24) is 0 Å². The Bertz CT molecular complexity index is 230. The molecule has 0 bridgehead atoms. The number of nitrogens with two attached hydrogens (primary N) is 4. The lowest BCUT2D eigenvalue weighted by Crippen LogP contribution is -2.04. The Morgan fingerprint density at radius 1 is 0.700 bits per heavy atom. The van der Waals surface area contributed by atoms with Crippen LogP contribution >= 0.6 is 0 Å². The van der Waals surface area contributed by atoms with Crippen LogP contribution < -0.4 is 22.9 Å². The minimum Gasteiger partial charge on any atom is -0.366 e. The topological polar surface area (TPSA) is 138 Å². The Hall–Kier alpha value is -1.66. The second kappa shape index (κ2) is 22.5. The summed E-state index contributed by atoms with van der Waals surface area (Å²) in [6, 6.07) is 0. The molecular weight excluding hydrogens is 256 g/mol. The Labute approximate surface area is 122 Å². The quantitative estimate of drug-likeness (QED) is 0.363. The van der Waals surface area contributed by atoms with Gasteiger partial charge in [0.2, 0.25) is 11.8 Å². The van der Waals surface area contributed by atoms with Gasteiger partial charge in [-0.25, -0.2) is 0 Å². The lowest BCUT2D eigenvalue weighted by atomic mass is 10.1. The van der Waals surface area contributed by atoms with Gasteiger partial charge in [0.25, 0.3) is 0 Å². The molecule has 0 radical (unpaired) electrons. The third kappa shape index (κ3) is 44.1. The molecule has 0 aliphatic rings. The van der Waals surface area contributed by atoms with E-state index < -0.39 is 11.8 Å². The van der Waals surface area contributed by atoms with Crippen LogP contribution in [0, 0.1) is 0 Å². The molecule has 0 aromatic carbocycles. The van der Waals surface area contributed by atoms with Gasteiger partial charge in [0.15, 0.2) is 0 Å². The summed E-state index contributed by atoms with van der Waals surface area (Å²) in [7, 11) is 0. The minimum absolute atomic E-state index is 0.481. The Morgan fingerprint density at radius 2 is 0.900 bits per heavy atom. The molecule has 0 aromatic heterocycles. The standard InChI is InChI=1S/C8H20N2.2C3H5NO/c9-7-5-3-1-2-4-6-8-10;2*1-2-3(4)5/h1-10H2;2*2H,1H2,(H2,4,5). The number of primary amides is 2. The summed E-state index contributed by atoms with van der Waals surface area (Å²) < 4.78 is 0. The van der Waals surface area contributed by atoms with E-state index >= 15 is 0 Å². The predicted molar refractivity (Wildman–Crippen MR) is 84.6 cm³/mol. The average Bonchev–Trinajstić information content (AvgIpc) is 2.44. The number of carbonyl (C=O) groups excluding carboxylic acids is 2. The van der Waals surface area contributed by atoms with Gasteiger partial charge in [0, 0.05) is 0 Å². The molecule has 0 saturated carbocycles. The van der Waals surface area contributed by atoms with Crippen molar-refractivity contribution in [2.45, 2.75) is 38.5 Å². The van der Waals surface area contributed by atoms with Gasteiger partial charge in [-0.1, -0.05) is 38.8 Å². The van der Waals surface area contributed by atoms with Crippen LogP contribution in [0.3, 0.4) is 0 Å². The molecule has 0 unspecified atom stereocenters. The van der Waals surface area contributed by atoms with Crippen molar-refractivity contribution >= 4 is 11.8 Å². The number of rotatable bonds is 9. The van der Waals surface area contributed by atoms with E-state index in [1.165, 1.54) is 38.5 Å². The third-order valence-electron chi connectivity index (χ3n) is 2.06. The van der Waals surface area contributed by atoms with Gasteiger partial charge < -0.3 is 22.9 Å². The first-order valence-corrected chi connectivity index (χ1v) is 6.70. The first-order chi connectivity index (χ1) is 9.45. The van der Waals surface area contributed by atoms with Gasteiger partial charge in [-0.15, -0.1) is 0 Å². The average molecular weight is 286 g/mol. The molecular formula is C14H30N4O2. The highest BCUT2D eigenvalue weighted by Crippen LogP contribution is 2.03. The molecule has 8 N–H and O–H groups in total. The fraction of sp³-hybridized carbons (Fsp3) is 0.571. The van der Waals surface area contributed by atoms with Crippen molar-refractivity contribution < 1.29 is 9.59 Å². The third-order valence-corrected chi connectivity index (χ3v) is 2.06. The highest BCUT2D eigenvalue weighted by molar-refractivity contribution is 5.85. The van der Waals surface area contributed by atoms with Crippen molar-refractivity contribution in [3.05, 3.63) is 25.3 Å². The zero-order chi connectivity index (χ0) is 16.2. The maximum absolute atomic E-state index is 9.47. The highest BCUT2D eigenvalue weighted by atomic mass is 16.1. The van der Waals surface area contributed by atoms with E-state index in [1.54, 1.807) is 0 Å². The summed E-state index contributed by atoms with van der Waals surface area (Å²) in [5, 5.41) is 0. The Morgan fingerprint density at radius 3 is 1.05 bits per heavy atom. The SMILES string of the molecule is C=CC(N)=O.C=CC(N)=O.NCCCCCCCCN. The van der Waals surface area contributed by atoms with E-state index in [1.807, 2.05) is 0 Å². The van der Waals surface area contributed by atoms with Gasteiger partial charge in [-0.2, -0.15) is 0 Å². The Balaban J connectivity index is -0.000000244. The van der Waals surface area contributed by atoms with Crippen molar-refractivity contribution in [2.75, 3.05) is 13.1 Å². The first-order valence-electron chi connectivity index (χ1n) is 6.70. The summed E-state index contributed by atoms with van der Waals surface area (Å²) >= 11 is 0. The second-order valence-corrected chi connectivity index (χ2v) is 3.91. The van der Waals surface area contributed by atoms with E-state index in [2.05, 4.69) is 24.6 Å². The fourth-order valence-electron chi connectivity index (χ4n) is 0.996. The molecule has 0 aliphatic carbocycles. The molecule has 0 aromatic rings. The van der Waals surface area contributed by atoms with Crippen LogP contribution in [0.4, 0.5) is 0 Å². The molecule has 0 aliphatic heterocycles. The van der Waals surface area contributed by atoms with Crippen LogP contribution in [0.15, 0.2) is 25.3 Å². The van der Waals surface area contributed by atoms with Crippen molar-refractivity contribution in [3.8, 4) is 0 Å². The summed E-state index contributed by atoms with van der Waals surface area (Å²) in [6.07, 6.45) is 9.72. The van der Waals surface area contributed by atoms with Gasteiger partial charge in [-0.3, -0.25) is 9.59 Å². The molecule has 6 heteroatoms.